The van der Waals surface area contributed by atoms with Crippen LogP contribution in [0.1, 0.15) is 42.4 Å². The normalized spacial score (nSPS) is 21.4. The Labute approximate surface area is 185 Å². The highest BCUT2D eigenvalue weighted by atomic mass is 32.2. The highest BCUT2D eigenvalue weighted by molar-refractivity contribution is 7.86. The Morgan fingerprint density at radius 1 is 1.31 bits per heavy atom. The molecule has 1 amide bonds. The number of aliphatic hydroxyl groups excluding tert-OH is 1. The van der Waals surface area contributed by atoms with Crippen LogP contribution in [0.5, 0.6) is 5.75 Å². The summed E-state index contributed by atoms with van der Waals surface area (Å²) in [7, 11) is -0.910. The van der Waals surface area contributed by atoms with Crippen molar-refractivity contribution in [3.8, 4) is 11.4 Å². The monoisotopic (exact) mass is 463 g/mol. The van der Waals surface area contributed by atoms with Gasteiger partial charge in [0.05, 0.1) is 28.5 Å². The standard InChI is InChI=1S/C22H23F2N3O4S/c1-3-18(28)19-16-9-13(20(29)25-22(2)11-32(30)12-22)7-8-17(16)27(26-19)14-5-4-6-15(10-14)31-21(23)24/h4-10,18,21,28H,3,11-12H2,1-2H3,(H,25,29). The molecule has 1 aromatic heterocycles. The lowest BCUT2D eigenvalue weighted by atomic mass is 10.0. The number of ether oxygens (including phenoxy) is 1. The van der Waals surface area contributed by atoms with Gasteiger partial charge in [-0.2, -0.15) is 13.9 Å². The van der Waals surface area contributed by atoms with E-state index in [1.54, 1.807) is 37.3 Å². The van der Waals surface area contributed by atoms with E-state index in [4.69, 9.17) is 0 Å². The number of hydrogen-bond donors (Lipinski definition) is 2. The maximum Gasteiger partial charge on any atom is 0.387 e. The van der Waals surface area contributed by atoms with Crippen LogP contribution in [0.4, 0.5) is 8.78 Å². The molecule has 2 N–H and O–H groups in total. The van der Waals surface area contributed by atoms with Gasteiger partial charge in [0.1, 0.15) is 5.75 Å². The SMILES string of the molecule is CCC(O)c1nn(-c2cccc(OC(F)F)c2)c2ccc(C(=O)NC3(C)CS(=O)C3)cc12. The van der Waals surface area contributed by atoms with Gasteiger partial charge in [-0.1, -0.05) is 13.0 Å². The number of nitrogens with one attached hydrogen (secondary N) is 1. The van der Waals surface area contributed by atoms with Crippen LogP contribution in [-0.4, -0.2) is 48.7 Å². The number of carbonyl (C=O) groups is 1. The first-order valence-corrected chi connectivity index (χ1v) is 11.6. The van der Waals surface area contributed by atoms with E-state index < -0.39 is 29.1 Å². The van der Waals surface area contributed by atoms with Gasteiger partial charge in [0.15, 0.2) is 0 Å². The van der Waals surface area contributed by atoms with Crippen molar-refractivity contribution in [2.45, 2.75) is 38.5 Å². The maximum atomic E-state index is 12.8. The smallest absolute Gasteiger partial charge is 0.387 e. The summed E-state index contributed by atoms with van der Waals surface area (Å²) < 4.78 is 42.7. The lowest BCUT2D eigenvalue weighted by Gasteiger charge is -2.37. The fourth-order valence-electron chi connectivity index (χ4n) is 3.80. The van der Waals surface area contributed by atoms with Crippen LogP contribution in [-0.2, 0) is 10.8 Å². The quantitative estimate of drug-likeness (QED) is 0.561. The second-order valence-corrected chi connectivity index (χ2v) is 9.53. The zero-order chi connectivity index (χ0) is 23.0. The summed E-state index contributed by atoms with van der Waals surface area (Å²) in [5.41, 5.74) is 1.35. The van der Waals surface area contributed by atoms with E-state index >= 15 is 0 Å². The van der Waals surface area contributed by atoms with E-state index in [1.807, 2.05) is 6.92 Å². The Hall–Kier alpha value is -2.85. The van der Waals surface area contributed by atoms with Gasteiger partial charge < -0.3 is 15.2 Å². The molecule has 1 unspecified atom stereocenters. The van der Waals surface area contributed by atoms with Crippen LogP contribution < -0.4 is 10.1 Å². The lowest BCUT2D eigenvalue weighted by Crippen LogP contribution is -2.61. The van der Waals surface area contributed by atoms with Crippen molar-refractivity contribution in [1.29, 1.82) is 0 Å². The van der Waals surface area contributed by atoms with Gasteiger partial charge in [-0.05, 0) is 43.7 Å². The van der Waals surface area contributed by atoms with E-state index in [-0.39, 0.29) is 11.7 Å². The van der Waals surface area contributed by atoms with Crippen molar-refractivity contribution in [3.05, 3.63) is 53.7 Å². The zero-order valence-electron chi connectivity index (χ0n) is 17.5. The van der Waals surface area contributed by atoms with Crippen molar-refractivity contribution in [2.75, 3.05) is 11.5 Å². The second-order valence-electron chi connectivity index (χ2n) is 8.07. The average Bonchev–Trinajstić information content (AvgIpc) is 3.10. The topological polar surface area (TPSA) is 93.4 Å². The van der Waals surface area contributed by atoms with Crippen LogP contribution in [0.3, 0.4) is 0 Å². The molecule has 2 heterocycles. The number of rotatable bonds is 7. The molecule has 0 aliphatic carbocycles. The molecular weight excluding hydrogens is 440 g/mol. The minimum atomic E-state index is -2.95. The fraction of sp³-hybridized carbons (Fsp3) is 0.364. The molecule has 1 fully saturated rings. The molecule has 0 spiro atoms. The van der Waals surface area contributed by atoms with Crippen LogP contribution in [0.25, 0.3) is 16.6 Å². The fourth-order valence-corrected chi connectivity index (χ4v) is 5.28. The predicted octanol–water partition coefficient (Wildman–Crippen LogP) is 3.32. The van der Waals surface area contributed by atoms with E-state index in [0.717, 1.165) is 0 Å². The van der Waals surface area contributed by atoms with Gasteiger partial charge in [-0.3, -0.25) is 9.00 Å². The number of alkyl halides is 2. The number of amides is 1. The van der Waals surface area contributed by atoms with Gasteiger partial charge in [-0.25, -0.2) is 4.68 Å². The molecule has 1 aliphatic heterocycles. The van der Waals surface area contributed by atoms with Crippen molar-refractivity contribution < 1.29 is 27.6 Å². The Bertz CT molecular complexity index is 1190. The third-order valence-electron chi connectivity index (χ3n) is 5.33. The van der Waals surface area contributed by atoms with Crippen molar-refractivity contribution in [2.24, 2.45) is 0 Å². The molecule has 1 aliphatic rings. The predicted molar refractivity (Wildman–Crippen MR) is 117 cm³/mol. The highest BCUT2D eigenvalue weighted by Crippen LogP contribution is 2.30. The van der Waals surface area contributed by atoms with Gasteiger partial charge in [0, 0.05) is 39.3 Å². The van der Waals surface area contributed by atoms with E-state index in [9.17, 15) is 22.9 Å². The van der Waals surface area contributed by atoms with Crippen molar-refractivity contribution in [3.63, 3.8) is 0 Å². The first-order valence-electron chi connectivity index (χ1n) is 10.1. The van der Waals surface area contributed by atoms with E-state index in [2.05, 4.69) is 15.2 Å². The van der Waals surface area contributed by atoms with Crippen LogP contribution in [0.2, 0.25) is 0 Å². The second kappa shape index (κ2) is 8.59. The number of carbonyl (C=O) groups excluding carboxylic acids is 1. The Kier molecular flexibility index (Phi) is 6.00. The molecule has 2 aromatic carbocycles. The Morgan fingerprint density at radius 3 is 2.72 bits per heavy atom. The van der Waals surface area contributed by atoms with Gasteiger partial charge >= 0.3 is 6.61 Å². The minimum absolute atomic E-state index is 0.0131. The molecule has 1 atom stereocenters. The summed E-state index contributed by atoms with van der Waals surface area (Å²) in [6.07, 6.45) is -0.467. The summed E-state index contributed by atoms with van der Waals surface area (Å²) in [4.78, 5) is 12.8. The summed E-state index contributed by atoms with van der Waals surface area (Å²) in [6.45, 7) is 0.706. The highest BCUT2D eigenvalue weighted by Gasteiger charge is 2.39. The number of hydrogen-bond acceptors (Lipinski definition) is 5. The number of benzene rings is 2. The van der Waals surface area contributed by atoms with Crippen molar-refractivity contribution >= 4 is 27.6 Å². The van der Waals surface area contributed by atoms with Crippen LogP contribution >= 0.6 is 0 Å². The summed E-state index contributed by atoms with van der Waals surface area (Å²) in [5.74, 6) is 0.509. The molecule has 10 heteroatoms. The third kappa shape index (κ3) is 4.37. The summed E-state index contributed by atoms with van der Waals surface area (Å²) in [5, 5.41) is 18.5. The van der Waals surface area contributed by atoms with E-state index in [1.165, 1.54) is 16.8 Å². The molecular formula is C22H23F2N3O4S. The van der Waals surface area contributed by atoms with Crippen LogP contribution in [0, 0.1) is 0 Å². The van der Waals surface area contributed by atoms with Gasteiger partial charge in [-0.15, -0.1) is 0 Å². The maximum absolute atomic E-state index is 12.8. The minimum Gasteiger partial charge on any atom is -0.435 e. The summed E-state index contributed by atoms with van der Waals surface area (Å²) in [6, 6.07) is 11.1. The molecule has 32 heavy (non-hydrogen) atoms. The molecule has 170 valence electrons. The number of aromatic nitrogens is 2. The Morgan fingerprint density at radius 2 is 2.06 bits per heavy atom. The number of nitrogens with zero attached hydrogens (tertiary/aromatic N) is 2. The molecule has 4 rings (SSSR count). The van der Waals surface area contributed by atoms with Crippen molar-refractivity contribution in [1.82, 2.24) is 15.1 Å². The molecule has 0 saturated carbocycles. The first kappa shape index (κ1) is 22.3. The van der Waals surface area contributed by atoms with E-state index in [0.29, 0.717) is 45.8 Å². The number of halogens is 2. The summed E-state index contributed by atoms with van der Waals surface area (Å²) >= 11 is 0. The lowest BCUT2D eigenvalue weighted by molar-refractivity contribution is -0.0498. The van der Waals surface area contributed by atoms with Gasteiger partial charge in [0.25, 0.3) is 5.91 Å². The molecule has 3 aromatic rings. The number of aliphatic hydroxyl groups is 1. The molecule has 7 nitrogen and oxygen atoms in total. The van der Waals surface area contributed by atoms with Crippen LogP contribution in [0.15, 0.2) is 42.5 Å². The number of fused-ring (bicyclic) bond motifs is 1. The molecule has 0 radical (unpaired) electrons. The Balaban J connectivity index is 1.74. The third-order valence-corrected chi connectivity index (χ3v) is 7.25. The van der Waals surface area contributed by atoms with Gasteiger partial charge in [0.2, 0.25) is 0 Å². The first-order chi connectivity index (χ1) is 15.2. The zero-order valence-corrected chi connectivity index (χ0v) is 18.4. The molecule has 1 saturated heterocycles. The molecule has 0 bridgehead atoms. The average molecular weight is 464 g/mol. The largest absolute Gasteiger partial charge is 0.435 e.